The average Bonchev–Trinajstić information content (AvgIpc) is 2.40. The average molecular weight is 303 g/mol. The summed E-state index contributed by atoms with van der Waals surface area (Å²) in [6.07, 6.45) is 0. The van der Waals surface area contributed by atoms with Crippen molar-refractivity contribution in [2.45, 2.75) is 13.8 Å². The number of barbiturate groups is 1. The number of Topliss-reactive ketones (excluding diaryl/α,β-unsaturated/α-hetero) is 1. The second kappa shape index (κ2) is 5.76. The van der Waals surface area contributed by atoms with E-state index in [1.165, 1.54) is 0 Å². The van der Waals surface area contributed by atoms with Crippen LogP contribution in [0.4, 0.5) is 10.5 Å². The number of amides is 5. The van der Waals surface area contributed by atoms with Gasteiger partial charge in [0.25, 0.3) is 5.91 Å². The quantitative estimate of drug-likeness (QED) is 0.527. The summed E-state index contributed by atoms with van der Waals surface area (Å²) in [5.41, 5.74) is 2.11. The maximum atomic E-state index is 12.0. The molecule has 114 valence electrons. The molecule has 1 aromatic rings. The largest absolute Gasteiger partial charge is 0.328 e. The van der Waals surface area contributed by atoms with Crippen molar-refractivity contribution < 1.29 is 24.0 Å². The Bertz CT molecular complexity index is 690. The van der Waals surface area contributed by atoms with E-state index in [0.717, 1.165) is 11.1 Å². The molecule has 8 heteroatoms. The molecule has 1 aliphatic rings. The molecule has 3 N–H and O–H groups in total. The van der Waals surface area contributed by atoms with Crippen LogP contribution in [0.2, 0.25) is 0 Å². The monoisotopic (exact) mass is 303 g/mol. The summed E-state index contributed by atoms with van der Waals surface area (Å²) in [7, 11) is 0. The molecule has 1 aromatic carbocycles. The normalized spacial score (nSPS) is 15.1. The number of imide groups is 2. The van der Waals surface area contributed by atoms with Crippen LogP contribution in [0.25, 0.3) is 0 Å². The van der Waals surface area contributed by atoms with Gasteiger partial charge in [0.15, 0.2) is 5.92 Å². The smallest absolute Gasteiger partial charge is 0.319 e. The van der Waals surface area contributed by atoms with Gasteiger partial charge in [-0.25, -0.2) is 4.79 Å². The molecule has 1 aliphatic heterocycles. The zero-order valence-electron chi connectivity index (χ0n) is 11.9. The number of anilines is 1. The third-order valence-electron chi connectivity index (χ3n) is 3.11. The van der Waals surface area contributed by atoms with Gasteiger partial charge in [-0.1, -0.05) is 17.7 Å². The first-order chi connectivity index (χ1) is 10.3. The summed E-state index contributed by atoms with van der Waals surface area (Å²) in [5, 5.41) is 5.89. The Kier molecular flexibility index (Phi) is 4.02. The Morgan fingerprint density at radius 1 is 1.05 bits per heavy atom. The van der Waals surface area contributed by atoms with Crippen molar-refractivity contribution in [1.82, 2.24) is 10.6 Å². The number of hydrogen-bond acceptors (Lipinski definition) is 5. The van der Waals surface area contributed by atoms with E-state index in [-0.39, 0.29) is 0 Å². The highest BCUT2D eigenvalue weighted by molar-refractivity contribution is 6.49. The number of nitrogens with one attached hydrogen (secondary N) is 3. The van der Waals surface area contributed by atoms with Crippen LogP contribution in [-0.2, 0) is 19.2 Å². The van der Waals surface area contributed by atoms with E-state index in [4.69, 9.17) is 0 Å². The topological polar surface area (TPSA) is 121 Å². The lowest BCUT2D eigenvalue weighted by molar-refractivity contribution is -0.147. The Morgan fingerprint density at radius 2 is 1.64 bits per heavy atom. The molecule has 0 bridgehead atoms. The predicted octanol–water partition coefficient (Wildman–Crippen LogP) is -0.207. The van der Waals surface area contributed by atoms with Crippen molar-refractivity contribution in [3.8, 4) is 0 Å². The number of rotatable bonds is 3. The maximum absolute atomic E-state index is 12.0. The fraction of sp³-hybridized carbons (Fsp3) is 0.214. The predicted molar refractivity (Wildman–Crippen MR) is 74.7 cm³/mol. The summed E-state index contributed by atoms with van der Waals surface area (Å²) < 4.78 is 0. The second-order valence-electron chi connectivity index (χ2n) is 4.88. The minimum Gasteiger partial charge on any atom is -0.319 e. The summed E-state index contributed by atoms with van der Waals surface area (Å²) >= 11 is 0. The standard InChI is InChI=1S/C14H13N3O5/c1-6-3-4-8(7(2)5-6)15-13(21)10(18)9-11(19)16-14(22)17-12(9)20/h3-5,9H,1-2H3,(H,15,21)(H2,16,17,19,20,22). The lowest BCUT2D eigenvalue weighted by Gasteiger charge is -2.19. The maximum Gasteiger partial charge on any atom is 0.328 e. The molecule has 5 amide bonds. The number of urea groups is 1. The van der Waals surface area contributed by atoms with Gasteiger partial charge in [-0.3, -0.25) is 29.8 Å². The Balaban J connectivity index is 2.15. The van der Waals surface area contributed by atoms with Crippen LogP contribution in [0.5, 0.6) is 0 Å². The third kappa shape index (κ3) is 3.00. The van der Waals surface area contributed by atoms with Gasteiger partial charge in [0.1, 0.15) is 0 Å². The van der Waals surface area contributed by atoms with Crippen LogP contribution >= 0.6 is 0 Å². The van der Waals surface area contributed by atoms with E-state index >= 15 is 0 Å². The third-order valence-corrected chi connectivity index (χ3v) is 3.11. The molecule has 8 nitrogen and oxygen atoms in total. The van der Waals surface area contributed by atoms with Crippen LogP contribution in [-0.4, -0.2) is 29.5 Å². The zero-order valence-corrected chi connectivity index (χ0v) is 11.9. The zero-order chi connectivity index (χ0) is 16.4. The molecular weight excluding hydrogens is 290 g/mol. The van der Waals surface area contributed by atoms with Gasteiger partial charge in [0.2, 0.25) is 17.6 Å². The molecule has 0 atom stereocenters. The van der Waals surface area contributed by atoms with Crippen molar-refractivity contribution in [1.29, 1.82) is 0 Å². The molecule has 1 heterocycles. The second-order valence-corrected chi connectivity index (χ2v) is 4.88. The summed E-state index contributed by atoms with van der Waals surface area (Å²) in [4.78, 5) is 57.9. The van der Waals surface area contributed by atoms with Gasteiger partial charge >= 0.3 is 6.03 Å². The summed E-state index contributed by atoms with van der Waals surface area (Å²) in [5.74, 6) is -6.44. The highest BCUT2D eigenvalue weighted by Gasteiger charge is 2.42. The van der Waals surface area contributed by atoms with E-state index in [2.05, 4.69) is 5.32 Å². The van der Waals surface area contributed by atoms with Crippen LogP contribution < -0.4 is 16.0 Å². The number of ketones is 1. The SMILES string of the molecule is Cc1ccc(NC(=O)C(=O)C2C(=O)NC(=O)NC2=O)c(C)c1. The molecule has 2 rings (SSSR count). The fourth-order valence-corrected chi connectivity index (χ4v) is 2.03. The number of aryl methyl sites for hydroxylation is 2. The number of hydrogen-bond donors (Lipinski definition) is 3. The lowest BCUT2D eigenvalue weighted by atomic mass is 9.99. The minimum atomic E-state index is -1.87. The van der Waals surface area contributed by atoms with Crippen molar-refractivity contribution >= 4 is 35.2 Å². The van der Waals surface area contributed by atoms with Crippen LogP contribution in [0.1, 0.15) is 11.1 Å². The number of carbonyl (C=O) groups excluding carboxylic acids is 5. The minimum absolute atomic E-state index is 0.400. The van der Waals surface area contributed by atoms with E-state index in [0.29, 0.717) is 5.69 Å². The first kappa shape index (κ1) is 15.4. The van der Waals surface area contributed by atoms with Gasteiger partial charge in [-0.2, -0.15) is 0 Å². The van der Waals surface area contributed by atoms with E-state index in [9.17, 15) is 24.0 Å². The molecule has 0 spiro atoms. The highest BCUT2D eigenvalue weighted by atomic mass is 16.2. The van der Waals surface area contributed by atoms with Crippen molar-refractivity contribution in [3.05, 3.63) is 29.3 Å². The van der Waals surface area contributed by atoms with Gasteiger partial charge in [0.05, 0.1) is 0 Å². The summed E-state index contributed by atoms with van der Waals surface area (Å²) in [6.45, 7) is 3.61. The molecule has 0 saturated carbocycles. The van der Waals surface area contributed by atoms with Gasteiger partial charge in [-0.05, 0) is 25.5 Å². The van der Waals surface area contributed by atoms with Crippen LogP contribution in [0.3, 0.4) is 0 Å². The van der Waals surface area contributed by atoms with E-state index < -0.39 is 35.5 Å². The van der Waals surface area contributed by atoms with Gasteiger partial charge in [-0.15, -0.1) is 0 Å². The molecule has 1 fully saturated rings. The van der Waals surface area contributed by atoms with E-state index in [1.807, 2.05) is 6.92 Å². The Hall–Kier alpha value is -3.03. The van der Waals surface area contributed by atoms with Crippen molar-refractivity contribution in [2.24, 2.45) is 5.92 Å². The summed E-state index contributed by atoms with van der Waals surface area (Å²) in [6, 6.07) is 4.14. The highest BCUT2D eigenvalue weighted by Crippen LogP contribution is 2.16. The Morgan fingerprint density at radius 3 is 2.18 bits per heavy atom. The van der Waals surface area contributed by atoms with E-state index in [1.54, 1.807) is 35.8 Å². The Labute approximate surface area is 125 Å². The molecular formula is C14H13N3O5. The molecule has 0 radical (unpaired) electrons. The molecule has 0 aliphatic carbocycles. The lowest BCUT2D eigenvalue weighted by Crippen LogP contribution is -2.59. The molecule has 0 unspecified atom stereocenters. The fourth-order valence-electron chi connectivity index (χ4n) is 2.03. The van der Waals surface area contributed by atoms with Crippen molar-refractivity contribution in [3.63, 3.8) is 0 Å². The number of carbonyl (C=O) groups is 5. The molecule has 22 heavy (non-hydrogen) atoms. The van der Waals surface area contributed by atoms with Gasteiger partial charge in [0, 0.05) is 5.69 Å². The molecule has 1 saturated heterocycles. The van der Waals surface area contributed by atoms with Crippen LogP contribution in [0.15, 0.2) is 18.2 Å². The van der Waals surface area contributed by atoms with Crippen molar-refractivity contribution in [2.75, 3.05) is 5.32 Å². The van der Waals surface area contributed by atoms with Gasteiger partial charge < -0.3 is 5.32 Å². The number of benzene rings is 1. The van der Waals surface area contributed by atoms with Crippen LogP contribution in [0, 0.1) is 19.8 Å². The first-order valence-electron chi connectivity index (χ1n) is 6.37. The first-order valence-corrected chi connectivity index (χ1v) is 6.37. The molecule has 0 aromatic heterocycles.